The molecule has 0 aromatic heterocycles. The van der Waals surface area contributed by atoms with Crippen LogP contribution in [-0.2, 0) is 9.59 Å². The second-order valence-electron chi connectivity index (χ2n) is 8.50. The summed E-state index contributed by atoms with van der Waals surface area (Å²) >= 11 is 0. The van der Waals surface area contributed by atoms with E-state index >= 15 is 0 Å². The summed E-state index contributed by atoms with van der Waals surface area (Å²) < 4.78 is 0. The molecule has 4 nitrogen and oxygen atoms in total. The summed E-state index contributed by atoms with van der Waals surface area (Å²) in [6, 6.07) is 4.18. The lowest BCUT2D eigenvalue weighted by Gasteiger charge is -2.58. The first-order valence-electron chi connectivity index (χ1n) is 8.44. The van der Waals surface area contributed by atoms with Crippen LogP contribution < -0.4 is 0 Å². The fourth-order valence-corrected chi connectivity index (χ4v) is 5.42. The van der Waals surface area contributed by atoms with Gasteiger partial charge in [0.25, 0.3) is 0 Å². The van der Waals surface area contributed by atoms with E-state index in [-0.39, 0.29) is 28.5 Å². The van der Waals surface area contributed by atoms with E-state index in [4.69, 9.17) is 0 Å². The molecule has 24 heavy (non-hydrogen) atoms. The summed E-state index contributed by atoms with van der Waals surface area (Å²) in [5, 5.41) is 18.7. The highest BCUT2D eigenvalue weighted by atomic mass is 16.1. The van der Waals surface area contributed by atoms with Crippen LogP contribution >= 0.6 is 0 Å². The molecule has 3 aliphatic carbocycles. The third-order valence-electron chi connectivity index (χ3n) is 6.65. The van der Waals surface area contributed by atoms with Crippen LogP contribution in [0, 0.1) is 50.7 Å². The lowest BCUT2D eigenvalue weighted by Crippen LogP contribution is -2.54. The van der Waals surface area contributed by atoms with Gasteiger partial charge in [-0.2, -0.15) is 10.5 Å². The fourth-order valence-electron chi connectivity index (χ4n) is 5.42. The van der Waals surface area contributed by atoms with Crippen molar-refractivity contribution in [3.63, 3.8) is 0 Å². The summed E-state index contributed by atoms with van der Waals surface area (Å²) in [5.41, 5.74) is -0.167. The van der Waals surface area contributed by atoms with Crippen LogP contribution in [0.2, 0.25) is 0 Å². The number of Topliss-reactive ketones (excluding diaryl/α,β-unsaturated/α-hetero) is 1. The third-order valence-corrected chi connectivity index (χ3v) is 6.65. The molecule has 3 aliphatic rings. The molecule has 0 amide bonds. The molecule has 124 valence electrons. The maximum atomic E-state index is 12.7. The SMILES string of the molecule is CC1(C)C(=O)C(C#N)=C[C@]2(C)C3=CC(=O)C(C#N)C[C@]3(C)CC[C@@H]12. The Labute approximate surface area is 142 Å². The van der Waals surface area contributed by atoms with E-state index in [1.54, 1.807) is 12.2 Å². The van der Waals surface area contributed by atoms with E-state index in [0.717, 1.165) is 18.4 Å². The molecular formula is C20H22N2O2. The molecule has 0 aromatic carbocycles. The second-order valence-corrected chi connectivity index (χ2v) is 8.50. The molecule has 0 radical (unpaired) electrons. The molecule has 3 rings (SSSR count). The van der Waals surface area contributed by atoms with Crippen LogP contribution in [0.3, 0.4) is 0 Å². The zero-order chi connectivity index (χ0) is 17.9. The number of nitrogens with zero attached hydrogens (tertiary/aromatic N) is 2. The fraction of sp³-hybridized carbons (Fsp3) is 0.600. The van der Waals surface area contributed by atoms with E-state index in [2.05, 4.69) is 19.1 Å². The van der Waals surface area contributed by atoms with Crippen LogP contribution in [0.25, 0.3) is 0 Å². The molecule has 1 saturated carbocycles. The maximum absolute atomic E-state index is 12.7. The molecule has 0 bridgehead atoms. The summed E-state index contributed by atoms with van der Waals surface area (Å²) in [6.07, 6.45) is 5.66. The minimum absolute atomic E-state index is 0.0559. The molecule has 0 N–H and O–H groups in total. The van der Waals surface area contributed by atoms with Crippen LogP contribution in [-0.4, -0.2) is 11.6 Å². The minimum atomic E-state index is -0.633. The van der Waals surface area contributed by atoms with Gasteiger partial charge in [0.05, 0.1) is 11.6 Å². The highest BCUT2D eigenvalue weighted by Crippen LogP contribution is 2.64. The van der Waals surface area contributed by atoms with Gasteiger partial charge in [-0.05, 0) is 36.7 Å². The summed E-state index contributed by atoms with van der Waals surface area (Å²) in [4.78, 5) is 25.0. The van der Waals surface area contributed by atoms with Crippen LogP contribution in [0.1, 0.15) is 47.0 Å². The van der Waals surface area contributed by atoms with Gasteiger partial charge in [0.2, 0.25) is 0 Å². The number of ketones is 2. The lowest BCUT2D eigenvalue weighted by atomic mass is 9.44. The molecule has 0 aliphatic heterocycles. The van der Waals surface area contributed by atoms with Crippen molar-refractivity contribution in [2.24, 2.45) is 28.1 Å². The molecule has 0 aromatic rings. The highest BCUT2D eigenvalue weighted by Gasteiger charge is 2.59. The molecule has 1 unspecified atom stereocenters. The zero-order valence-electron chi connectivity index (χ0n) is 14.6. The van der Waals surface area contributed by atoms with Gasteiger partial charge in [-0.25, -0.2) is 0 Å². The molecule has 0 heterocycles. The Morgan fingerprint density at radius 2 is 1.83 bits per heavy atom. The number of carbonyl (C=O) groups excluding carboxylic acids is 2. The van der Waals surface area contributed by atoms with Crippen molar-refractivity contribution in [3.8, 4) is 12.1 Å². The Hall–Kier alpha value is -2.20. The number of carbonyl (C=O) groups is 2. The number of nitriles is 2. The zero-order valence-corrected chi connectivity index (χ0v) is 14.6. The van der Waals surface area contributed by atoms with Gasteiger partial charge in [-0.15, -0.1) is 0 Å². The van der Waals surface area contributed by atoms with E-state index in [0.29, 0.717) is 6.42 Å². The van der Waals surface area contributed by atoms with Gasteiger partial charge in [-0.3, -0.25) is 9.59 Å². The number of rotatable bonds is 0. The minimum Gasteiger partial charge on any atom is -0.293 e. The Kier molecular flexibility index (Phi) is 3.40. The van der Waals surface area contributed by atoms with Gasteiger partial charge in [0.1, 0.15) is 12.0 Å². The van der Waals surface area contributed by atoms with Crippen molar-refractivity contribution in [1.29, 1.82) is 10.5 Å². The van der Waals surface area contributed by atoms with Gasteiger partial charge in [0, 0.05) is 10.8 Å². The Morgan fingerprint density at radius 1 is 1.17 bits per heavy atom. The Morgan fingerprint density at radius 3 is 2.42 bits per heavy atom. The van der Waals surface area contributed by atoms with Crippen molar-refractivity contribution in [2.75, 3.05) is 0 Å². The predicted octanol–water partition coefficient (Wildman–Crippen LogP) is 3.51. The van der Waals surface area contributed by atoms with E-state index in [1.807, 2.05) is 20.8 Å². The molecule has 0 spiro atoms. The lowest BCUT2D eigenvalue weighted by molar-refractivity contribution is -0.131. The number of hydrogen-bond donors (Lipinski definition) is 0. The topological polar surface area (TPSA) is 81.7 Å². The van der Waals surface area contributed by atoms with Gasteiger partial charge >= 0.3 is 0 Å². The molecular weight excluding hydrogens is 300 g/mol. The van der Waals surface area contributed by atoms with E-state index in [9.17, 15) is 20.1 Å². The largest absolute Gasteiger partial charge is 0.293 e. The van der Waals surface area contributed by atoms with Crippen molar-refractivity contribution >= 4 is 11.6 Å². The summed E-state index contributed by atoms with van der Waals surface area (Å²) in [6.45, 7) is 7.98. The number of allylic oxidation sites excluding steroid dienone is 4. The standard InChI is InChI=1S/C20H22N2O2/c1-18(2)15-5-6-19(3)8-12(10-21)14(23)7-16(19)20(15,4)9-13(11-22)17(18)24/h7,9,12,15H,5-6,8H2,1-4H3/t12?,15-,19-,20-/m0/s1. The van der Waals surface area contributed by atoms with Crippen molar-refractivity contribution in [3.05, 3.63) is 23.3 Å². The first-order valence-corrected chi connectivity index (χ1v) is 8.44. The summed E-state index contributed by atoms with van der Waals surface area (Å²) in [7, 11) is 0. The average Bonchev–Trinajstić information content (AvgIpc) is 2.52. The molecule has 4 atom stereocenters. The van der Waals surface area contributed by atoms with Crippen molar-refractivity contribution in [1.82, 2.24) is 0 Å². The Bertz CT molecular complexity index is 789. The van der Waals surface area contributed by atoms with E-state index in [1.165, 1.54) is 0 Å². The molecule has 0 saturated heterocycles. The van der Waals surface area contributed by atoms with Crippen molar-refractivity contribution < 1.29 is 9.59 Å². The highest BCUT2D eigenvalue weighted by molar-refractivity contribution is 6.04. The van der Waals surface area contributed by atoms with Crippen molar-refractivity contribution in [2.45, 2.75) is 47.0 Å². The summed E-state index contributed by atoms with van der Waals surface area (Å²) in [5.74, 6) is -0.779. The van der Waals surface area contributed by atoms with Crippen LogP contribution in [0.5, 0.6) is 0 Å². The normalized spacial score (nSPS) is 40.4. The maximum Gasteiger partial charge on any atom is 0.178 e. The number of fused-ring (bicyclic) bond motifs is 3. The first kappa shape index (κ1) is 16.7. The number of hydrogen-bond acceptors (Lipinski definition) is 4. The van der Waals surface area contributed by atoms with Gasteiger partial charge in [-0.1, -0.05) is 39.3 Å². The monoisotopic (exact) mass is 322 g/mol. The van der Waals surface area contributed by atoms with Gasteiger partial charge in [0.15, 0.2) is 11.6 Å². The Balaban J connectivity index is 2.24. The smallest absolute Gasteiger partial charge is 0.178 e. The first-order chi connectivity index (χ1) is 11.1. The quantitative estimate of drug-likeness (QED) is 0.683. The van der Waals surface area contributed by atoms with Gasteiger partial charge < -0.3 is 0 Å². The molecule has 1 fully saturated rings. The van der Waals surface area contributed by atoms with Crippen LogP contribution in [0.4, 0.5) is 0 Å². The van der Waals surface area contributed by atoms with E-state index < -0.39 is 16.7 Å². The second kappa shape index (κ2) is 4.90. The predicted molar refractivity (Wildman–Crippen MR) is 88.2 cm³/mol. The van der Waals surface area contributed by atoms with Crippen LogP contribution in [0.15, 0.2) is 23.3 Å². The third kappa shape index (κ3) is 1.96. The average molecular weight is 322 g/mol. The molecule has 4 heteroatoms.